The van der Waals surface area contributed by atoms with Gasteiger partial charge in [0.2, 0.25) is 0 Å². The summed E-state index contributed by atoms with van der Waals surface area (Å²) >= 11 is 1.75. The van der Waals surface area contributed by atoms with Crippen molar-refractivity contribution in [2.24, 2.45) is 4.99 Å². The van der Waals surface area contributed by atoms with Crippen LogP contribution < -0.4 is 0 Å². The largest absolute Gasteiger partial charge is 0.259 e. The first-order chi connectivity index (χ1) is 8.83. The van der Waals surface area contributed by atoms with Gasteiger partial charge in [-0.15, -0.1) is 11.3 Å². The Morgan fingerprint density at radius 2 is 1.89 bits per heavy atom. The van der Waals surface area contributed by atoms with Crippen LogP contribution in [0.3, 0.4) is 0 Å². The average molecular weight is 251 g/mol. The van der Waals surface area contributed by atoms with E-state index < -0.39 is 0 Å². The maximum atomic E-state index is 4.49. The molecule has 0 bridgehead atoms. The van der Waals surface area contributed by atoms with E-state index in [0.29, 0.717) is 0 Å². The molecular weight excluding hydrogens is 238 g/mol. The molecule has 2 heteroatoms. The van der Waals surface area contributed by atoms with Crippen molar-refractivity contribution in [3.05, 3.63) is 47.9 Å². The molecule has 0 aliphatic heterocycles. The van der Waals surface area contributed by atoms with Crippen molar-refractivity contribution in [3.8, 4) is 0 Å². The summed E-state index contributed by atoms with van der Waals surface area (Å²) in [6.07, 6.45) is 3.72. The van der Waals surface area contributed by atoms with Crippen molar-refractivity contribution < 1.29 is 0 Å². The lowest BCUT2D eigenvalue weighted by Crippen LogP contribution is -1.72. The number of fused-ring (bicyclic) bond motifs is 2. The van der Waals surface area contributed by atoms with Crippen molar-refractivity contribution in [3.63, 3.8) is 0 Å². The summed E-state index contributed by atoms with van der Waals surface area (Å²) < 4.78 is 1.27. The number of thiophene rings is 1. The van der Waals surface area contributed by atoms with Crippen LogP contribution in [0.1, 0.15) is 11.8 Å². The molecule has 3 rings (SSSR count). The Morgan fingerprint density at radius 1 is 1.17 bits per heavy atom. The Morgan fingerprint density at radius 3 is 2.56 bits per heavy atom. The molecule has 0 amide bonds. The molecule has 0 atom stereocenters. The average Bonchev–Trinajstić information content (AvgIpc) is 2.74. The molecular formula is C16H13NS. The summed E-state index contributed by atoms with van der Waals surface area (Å²) in [7, 11) is 0. The van der Waals surface area contributed by atoms with Crippen molar-refractivity contribution in [2.75, 3.05) is 0 Å². The van der Waals surface area contributed by atoms with Gasteiger partial charge in [0, 0.05) is 16.3 Å². The minimum atomic E-state index is 1.04. The molecule has 0 aliphatic rings. The van der Waals surface area contributed by atoms with E-state index in [1.165, 1.54) is 20.9 Å². The monoisotopic (exact) mass is 251 g/mol. The smallest absolute Gasteiger partial charge is 0.0884 e. The van der Waals surface area contributed by atoms with Gasteiger partial charge in [-0.1, -0.05) is 30.8 Å². The van der Waals surface area contributed by atoms with Gasteiger partial charge in [-0.3, -0.25) is 4.99 Å². The summed E-state index contributed by atoms with van der Waals surface area (Å²) in [5, 5.41) is 3.74. The van der Waals surface area contributed by atoms with Crippen LogP contribution in [0.4, 0.5) is 5.69 Å². The minimum absolute atomic E-state index is 1.04. The summed E-state index contributed by atoms with van der Waals surface area (Å²) in [5.41, 5.74) is 1.04. The van der Waals surface area contributed by atoms with Gasteiger partial charge in [0.1, 0.15) is 0 Å². The first-order valence-electron chi connectivity index (χ1n) is 5.90. The fourth-order valence-corrected chi connectivity index (χ4v) is 3.22. The van der Waals surface area contributed by atoms with Crippen molar-refractivity contribution in [2.45, 2.75) is 6.92 Å². The predicted molar refractivity (Wildman–Crippen MR) is 83.2 cm³/mol. The predicted octanol–water partition coefficient (Wildman–Crippen LogP) is 5.42. The van der Waals surface area contributed by atoms with Crippen LogP contribution >= 0.6 is 11.3 Å². The van der Waals surface area contributed by atoms with E-state index in [1.807, 2.05) is 19.2 Å². The van der Waals surface area contributed by atoms with Crippen LogP contribution in [0.15, 0.2) is 48.0 Å². The lowest BCUT2D eigenvalue weighted by molar-refractivity contribution is 1.60. The summed E-state index contributed by atoms with van der Waals surface area (Å²) in [4.78, 5) is 5.62. The number of rotatable bonds is 2. The van der Waals surface area contributed by atoms with Crippen molar-refractivity contribution in [1.82, 2.24) is 0 Å². The van der Waals surface area contributed by atoms with Crippen molar-refractivity contribution >= 4 is 50.2 Å². The number of hydrogen-bond donors (Lipinski definition) is 0. The highest BCUT2D eigenvalue weighted by Gasteiger charge is 2.09. The van der Waals surface area contributed by atoms with Gasteiger partial charge in [0.05, 0.1) is 10.6 Å². The van der Waals surface area contributed by atoms with Gasteiger partial charge in [-0.2, -0.15) is 0 Å². The molecule has 0 N–H and O–H groups in total. The van der Waals surface area contributed by atoms with Gasteiger partial charge in [0.25, 0.3) is 0 Å². The second-order valence-corrected chi connectivity index (χ2v) is 5.19. The maximum absolute atomic E-state index is 4.49. The van der Waals surface area contributed by atoms with Gasteiger partial charge in [-0.05, 0) is 35.9 Å². The topological polar surface area (TPSA) is 12.4 Å². The molecule has 1 nitrogen and oxygen atoms in total. The Labute approximate surface area is 110 Å². The van der Waals surface area contributed by atoms with Crippen LogP contribution in [0.5, 0.6) is 0 Å². The highest BCUT2D eigenvalue weighted by atomic mass is 32.1. The van der Waals surface area contributed by atoms with Crippen LogP contribution in [0.25, 0.3) is 26.9 Å². The molecule has 0 unspecified atom stereocenters. The van der Waals surface area contributed by atoms with E-state index in [2.05, 4.69) is 48.0 Å². The van der Waals surface area contributed by atoms with Crippen LogP contribution in [-0.4, -0.2) is 6.21 Å². The quantitative estimate of drug-likeness (QED) is 0.539. The molecule has 0 radical (unpaired) electrons. The molecule has 0 saturated heterocycles. The second-order valence-electron chi connectivity index (χ2n) is 4.10. The molecule has 0 fully saturated rings. The summed E-state index contributed by atoms with van der Waals surface area (Å²) in [6, 6.07) is 12.9. The number of hydrogen-bond acceptors (Lipinski definition) is 2. The van der Waals surface area contributed by atoms with Gasteiger partial charge in [0.15, 0.2) is 0 Å². The normalized spacial score (nSPS) is 11.6. The molecule has 0 aliphatic carbocycles. The SMILES string of the molecule is C=Cc1sc2cc3ccccc3cc2c1N=CC. The van der Waals surface area contributed by atoms with E-state index in [9.17, 15) is 0 Å². The first-order valence-corrected chi connectivity index (χ1v) is 6.71. The number of benzene rings is 2. The Kier molecular flexibility index (Phi) is 2.73. The third kappa shape index (κ3) is 1.66. The third-order valence-corrected chi connectivity index (χ3v) is 4.14. The zero-order valence-corrected chi connectivity index (χ0v) is 11.0. The first kappa shape index (κ1) is 11.2. The van der Waals surface area contributed by atoms with E-state index in [0.717, 1.165) is 10.6 Å². The van der Waals surface area contributed by atoms with E-state index in [-0.39, 0.29) is 0 Å². The zero-order chi connectivity index (χ0) is 12.5. The van der Waals surface area contributed by atoms with Crippen LogP contribution in [0.2, 0.25) is 0 Å². The molecule has 88 valence electrons. The van der Waals surface area contributed by atoms with Crippen molar-refractivity contribution in [1.29, 1.82) is 0 Å². The Bertz CT molecular complexity index is 765. The molecule has 2 aromatic carbocycles. The van der Waals surface area contributed by atoms with E-state index in [4.69, 9.17) is 0 Å². The standard InChI is InChI=1S/C16H13NS/c1-3-14-16(17-4-2)13-9-11-7-5-6-8-12(11)10-15(13)18-14/h3-10H,1H2,2H3. The maximum Gasteiger partial charge on any atom is 0.0884 e. The van der Waals surface area contributed by atoms with E-state index >= 15 is 0 Å². The van der Waals surface area contributed by atoms with Gasteiger partial charge < -0.3 is 0 Å². The molecule has 0 saturated carbocycles. The highest BCUT2D eigenvalue weighted by Crippen LogP contribution is 2.40. The second kappa shape index (κ2) is 4.39. The highest BCUT2D eigenvalue weighted by molar-refractivity contribution is 7.20. The fraction of sp³-hybridized carbons (Fsp3) is 0.0625. The van der Waals surface area contributed by atoms with Gasteiger partial charge in [-0.25, -0.2) is 0 Å². The fourth-order valence-electron chi connectivity index (χ4n) is 2.19. The molecule has 0 spiro atoms. The lowest BCUT2D eigenvalue weighted by atomic mass is 10.1. The Hall–Kier alpha value is -1.93. The van der Waals surface area contributed by atoms with Crippen LogP contribution in [0, 0.1) is 0 Å². The zero-order valence-electron chi connectivity index (χ0n) is 10.2. The summed E-state index contributed by atoms with van der Waals surface area (Å²) in [5.74, 6) is 0. The third-order valence-electron chi connectivity index (χ3n) is 3.00. The number of aliphatic imine (C=N–C) groups is 1. The molecule has 1 aromatic heterocycles. The van der Waals surface area contributed by atoms with Gasteiger partial charge >= 0.3 is 0 Å². The molecule has 3 aromatic rings. The summed E-state index contributed by atoms with van der Waals surface area (Å²) in [6.45, 7) is 5.82. The molecule has 18 heavy (non-hydrogen) atoms. The molecule has 1 heterocycles. The van der Waals surface area contributed by atoms with Crippen LogP contribution in [-0.2, 0) is 0 Å². The number of nitrogens with zero attached hydrogens (tertiary/aromatic N) is 1. The van der Waals surface area contributed by atoms with E-state index in [1.54, 1.807) is 11.3 Å². The Balaban J connectivity index is 2.44. The minimum Gasteiger partial charge on any atom is -0.259 e. The lowest BCUT2D eigenvalue weighted by Gasteiger charge is -1.98.